The van der Waals surface area contributed by atoms with Gasteiger partial charge in [0.15, 0.2) is 5.89 Å². The van der Waals surface area contributed by atoms with E-state index in [0.717, 1.165) is 37.3 Å². The molecule has 0 spiro atoms. The Morgan fingerprint density at radius 2 is 2.29 bits per heavy atom. The van der Waals surface area contributed by atoms with Crippen LogP contribution >= 0.6 is 0 Å². The highest BCUT2D eigenvalue weighted by atomic mass is 16.4. The first-order valence-corrected chi connectivity index (χ1v) is 5.32. The van der Waals surface area contributed by atoms with Crippen molar-refractivity contribution in [2.75, 3.05) is 0 Å². The standard InChI is InChI=1S/C11H18N2O/c1-8(2)10-13-7-9(14-10)3-4-11(12)5-6-11/h7-8H,3-6,12H2,1-2H3. The largest absolute Gasteiger partial charge is 0.445 e. The lowest BCUT2D eigenvalue weighted by atomic mass is 10.1. The van der Waals surface area contributed by atoms with Crippen molar-refractivity contribution in [3.63, 3.8) is 0 Å². The van der Waals surface area contributed by atoms with Crippen molar-refractivity contribution >= 4 is 0 Å². The van der Waals surface area contributed by atoms with Crippen molar-refractivity contribution < 1.29 is 4.42 Å². The van der Waals surface area contributed by atoms with E-state index >= 15 is 0 Å². The van der Waals surface area contributed by atoms with Crippen LogP contribution < -0.4 is 5.73 Å². The Morgan fingerprint density at radius 1 is 1.57 bits per heavy atom. The van der Waals surface area contributed by atoms with Gasteiger partial charge in [-0.1, -0.05) is 13.8 Å². The second kappa shape index (κ2) is 3.39. The summed E-state index contributed by atoms with van der Waals surface area (Å²) in [5.74, 6) is 2.18. The lowest BCUT2D eigenvalue weighted by molar-refractivity contribution is 0.424. The molecule has 0 bridgehead atoms. The number of rotatable bonds is 4. The summed E-state index contributed by atoms with van der Waals surface area (Å²) < 4.78 is 5.60. The average Bonchev–Trinajstić information content (AvgIpc) is 2.68. The minimum absolute atomic E-state index is 0.116. The first-order chi connectivity index (χ1) is 6.59. The summed E-state index contributed by atoms with van der Waals surface area (Å²) in [6.07, 6.45) is 6.12. The van der Waals surface area contributed by atoms with E-state index in [0.29, 0.717) is 5.92 Å². The Balaban J connectivity index is 1.90. The number of aryl methyl sites for hydroxylation is 1. The SMILES string of the molecule is CC(C)c1ncc(CCC2(N)CC2)o1. The molecule has 0 radical (unpaired) electrons. The van der Waals surface area contributed by atoms with E-state index in [1.165, 1.54) is 0 Å². The normalized spacial score (nSPS) is 18.9. The maximum absolute atomic E-state index is 6.00. The van der Waals surface area contributed by atoms with E-state index in [1.54, 1.807) is 0 Å². The number of aromatic nitrogens is 1. The molecular weight excluding hydrogens is 176 g/mol. The second-order valence-corrected chi connectivity index (χ2v) is 4.68. The molecule has 1 aliphatic rings. The lowest BCUT2D eigenvalue weighted by Crippen LogP contribution is -2.21. The van der Waals surface area contributed by atoms with Gasteiger partial charge in [0.1, 0.15) is 5.76 Å². The van der Waals surface area contributed by atoms with Gasteiger partial charge in [-0.2, -0.15) is 0 Å². The van der Waals surface area contributed by atoms with Gasteiger partial charge in [-0.3, -0.25) is 0 Å². The van der Waals surface area contributed by atoms with Crippen LogP contribution in [0.2, 0.25) is 0 Å². The van der Waals surface area contributed by atoms with E-state index in [4.69, 9.17) is 10.2 Å². The van der Waals surface area contributed by atoms with Crippen molar-refractivity contribution in [1.29, 1.82) is 0 Å². The molecule has 14 heavy (non-hydrogen) atoms. The fourth-order valence-electron chi connectivity index (χ4n) is 1.49. The van der Waals surface area contributed by atoms with E-state index in [2.05, 4.69) is 18.8 Å². The van der Waals surface area contributed by atoms with E-state index in [9.17, 15) is 0 Å². The van der Waals surface area contributed by atoms with Crippen LogP contribution in [0.1, 0.15) is 50.7 Å². The lowest BCUT2D eigenvalue weighted by Gasteiger charge is -2.05. The van der Waals surface area contributed by atoms with Gasteiger partial charge in [-0.15, -0.1) is 0 Å². The van der Waals surface area contributed by atoms with Gasteiger partial charge < -0.3 is 10.2 Å². The summed E-state index contributed by atoms with van der Waals surface area (Å²) in [5, 5.41) is 0. The van der Waals surface area contributed by atoms with Crippen molar-refractivity contribution in [3.05, 3.63) is 17.8 Å². The zero-order valence-corrected chi connectivity index (χ0v) is 8.92. The molecule has 1 aliphatic carbocycles. The topological polar surface area (TPSA) is 52.0 Å². The van der Waals surface area contributed by atoms with Gasteiger partial charge >= 0.3 is 0 Å². The van der Waals surface area contributed by atoms with Crippen molar-refractivity contribution in [2.45, 2.75) is 51.0 Å². The monoisotopic (exact) mass is 194 g/mol. The second-order valence-electron chi connectivity index (χ2n) is 4.68. The molecule has 2 N–H and O–H groups in total. The predicted octanol–water partition coefficient (Wildman–Crippen LogP) is 2.22. The summed E-state index contributed by atoms with van der Waals surface area (Å²) in [6.45, 7) is 4.17. The molecule has 78 valence electrons. The molecule has 1 heterocycles. The van der Waals surface area contributed by atoms with E-state index in [-0.39, 0.29) is 5.54 Å². The number of oxazole rings is 1. The van der Waals surface area contributed by atoms with Gasteiger partial charge in [0.25, 0.3) is 0 Å². The van der Waals surface area contributed by atoms with Crippen LogP contribution in [0.15, 0.2) is 10.6 Å². The summed E-state index contributed by atoms with van der Waals surface area (Å²) in [6, 6.07) is 0. The van der Waals surface area contributed by atoms with Gasteiger partial charge in [0.2, 0.25) is 0 Å². The molecule has 3 nitrogen and oxygen atoms in total. The maximum Gasteiger partial charge on any atom is 0.196 e. The molecule has 1 fully saturated rings. The van der Waals surface area contributed by atoms with Gasteiger partial charge in [0.05, 0.1) is 6.20 Å². The van der Waals surface area contributed by atoms with Crippen molar-refractivity contribution in [2.24, 2.45) is 5.73 Å². The molecule has 0 amide bonds. The fourth-order valence-corrected chi connectivity index (χ4v) is 1.49. The third-order valence-corrected chi connectivity index (χ3v) is 2.83. The van der Waals surface area contributed by atoms with Crippen LogP contribution in [0.3, 0.4) is 0 Å². The Labute approximate surface area is 84.7 Å². The number of hydrogen-bond donors (Lipinski definition) is 1. The molecule has 2 rings (SSSR count). The van der Waals surface area contributed by atoms with E-state index in [1.807, 2.05) is 6.20 Å². The van der Waals surface area contributed by atoms with Crippen LogP contribution in [0, 0.1) is 0 Å². The van der Waals surface area contributed by atoms with Crippen LogP contribution in [-0.2, 0) is 6.42 Å². The zero-order chi connectivity index (χ0) is 10.2. The smallest absolute Gasteiger partial charge is 0.196 e. The third-order valence-electron chi connectivity index (χ3n) is 2.83. The molecule has 3 heteroatoms. The predicted molar refractivity (Wildman–Crippen MR) is 55.1 cm³/mol. The first-order valence-electron chi connectivity index (χ1n) is 5.32. The van der Waals surface area contributed by atoms with Gasteiger partial charge in [-0.05, 0) is 19.3 Å². The number of nitrogens with zero attached hydrogens (tertiary/aromatic N) is 1. The highest BCUT2D eigenvalue weighted by Gasteiger charge is 2.37. The van der Waals surface area contributed by atoms with Gasteiger partial charge in [0, 0.05) is 17.9 Å². The molecule has 1 aromatic heterocycles. The summed E-state index contributed by atoms with van der Waals surface area (Å²) in [4.78, 5) is 4.23. The molecule has 1 aromatic rings. The molecular formula is C11H18N2O. The third kappa shape index (κ3) is 2.15. The summed E-state index contributed by atoms with van der Waals surface area (Å²) in [7, 11) is 0. The first kappa shape index (κ1) is 9.71. The molecule has 0 aliphatic heterocycles. The average molecular weight is 194 g/mol. The summed E-state index contributed by atoms with van der Waals surface area (Å²) in [5.41, 5.74) is 6.11. The van der Waals surface area contributed by atoms with Crippen LogP contribution in [0.25, 0.3) is 0 Å². The molecule has 0 aromatic carbocycles. The molecule has 0 unspecified atom stereocenters. The fraction of sp³-hybridized carbons (Fsp3) is 0.727. The summed E-state index contributed by atoms with van der Waals surface area (Å²) >= 11 is 0. The van der Waals surface area contributed by atoms with Crippen LogP contribution in [0.4, 0.5) is 0 Å². The molecule has 1 saturated carbocycles. The number of nitrogens with two attached hydrogens (primary N) is 1. The Bertz CT molecular complexity index is 313. The van der Waals surface area contributed by atoms with Crippen molar-refractivity contribution in [1.82, 2.24) is 4.98 Å². The number of hydrogen-bond acceptors (Lipinski definition) is 3. The van der Waals surface area contributed by atoms with Crippen LogP contribution in [0.5, 0.6) is 0 Å². The Hall–Kier alpha value is -0.830. The minimum atomic E-state index is 0.116. The Kier molecular flexibility index (Phi) is 2.35. The maximum atomic E-state index is 6.00. The molecule has 0 atom stereocenters. The van der Waals surface area contributed by atoms with E-state index < -0.39 is 0 Å². The highest BCUT2D eigenvalue weighted by Crippen LogP contribution is 2.36. The quantitative estimate of drug-likeness (QED) is 0.799. The zero-order valence-electron chi connectivity index (χ0n) is 8.92. The van der Waals surface area contributed by atoms with Crippen LogP contribution in [-0.4, -0.2) is 10.5 Å². The molecule has 0 saturated heterocycles. The highest BCUT2D eigenvalue weighted by molar-refractivity contribution is 5.03. The van der Waals surface area contributed by atoms with Gasteiger partial charge in [-0.25, -0.2) is 4.98 Å². The Morgan fingerprint density at radius 3 is 2.79 bits per heavy atom. The van der Waals surface area contributed by atoms with Crippen molar-refractivity contribution in [3.8, 4) is 0 Å². The minimum Gasteiger partial charge on any atom is -0.445 e.